The SMILES string of the molecule is CC1CCCNC1C(=O)N1CCCC(CNS(C)(=O)=O)C1. The van der Waals surface area contributed by atoms with E-state index >= 15 is 0 Å². The van der Waals surface area contributed by atoms with Gasteiger partial charge in [-0.15, -0.1) is 0 Å². The quantitative estimate of drug-likeness (QED) is 0.774. The molecule has 0 saturated carbocycles. The van der Waals surface area contributed by atoms with E-state index in [-0.39, 0.29) is 17.9 Å². The third kappa shape index (κ3) is 4.93. The van der Waals surface area contributed by atoms with Crippen LogP contribution in [0.2, 0.25) is 0 Å². The highest BCUT2D eigenvalue weighted by Crippen LogP contribution is 2.21. The van der Waals surface area contributed by atoms with E-state index in [1.807, 2.05) is 4.90 Å². The number of carbonyl (C=O) groups excluding carboxylic acids is 1. The Bertz CT molecular complexity index is 466. The van der Waals surface area contributed by atoms with Gasteiger partial charge in [0.25, 0.3) is 0 Å². The van der Waals surface area contributed by atoms with Gasteiger partial charge in [-0.2, -0.15) is 0 Å². The summed E-state index contributed by atoms with van der Waals surface area (Å²) in [5, 5.41) is 3.33. The van der Waals surface area contributed by atoms with Crippen LogP contribution in [0.1, 0.15) is 32.6 Å². The Hall–Kier alpha value is -0.660. The summed E-state index contributed by atoms with van der Waals surface area (Å²) in [5.41, 5.74) is 0. The number of nitrogens with zero attached hydrogens (tertiary/aromatic N) is 1. The molecule has 2 heterocycles. The number of carbonyl (C=O) groups is 1. The lowest BCUT2D eigenvalue weighted by molar-refractivity contribution is -0.137. The molecule has 0 spiro atoms. The molecule has 21 heavy (non-hydrogen) atoms. The molecule has 3 atom stereocenters. The maximum Gasteiger partial charge on any atom is 0.239 e. The molecule has 2 fully saturated rings. The van der Waals surface area contributed by atoms with Gasteiger partial charge >= 0.3 is 0 Å². The molecule has 6 nitrogen and oxygen atoms in total. The van der Waals surface area contributed by atoms with E-state index in [1.165, 1.54) is 6.26 Å². The standard InChI is InChI=1S/C14H27N3O3S/c1-11-5-3-7-15-13(11)14(18)17-8-4-6-12(10-17)9-16-21(2,19)20/h11-13,15-16H,3-10H2,1-2H3. The Morgan fingerprint density at radius 3 is 2.76 bits per heavy atom. The lowest BCUT2D eigenvalue weighted by Gasteiger charge is -2.38. The topological polar surface area (TPSA) is 78.5 Å². The fourth-order valence-corrected chi connectivity index (χ4v) is 3.82. The molecule has 122 valence electrons. The van der Waals surface area contributed by atoms with Crippen molar-refractivity contribution in [2.75, 3.05) is 32.4 Å². The highest BCUT2D eigenvalue weighted by atomic mass is 32.2. The lowest BCUT2D eigenvalue weighted by atomic mass is 9.90. The number of hydrogen-bond donors (Lipinski definition) is 2. The Labute approximate surface area is 127 Å². The Morgan fingerprint density at radius 2 is 2.10 bits per heavy atom. The van der Waals surface area contributed by atoms with Gasteiger partial charge in [0.05, 0.1) is 12.3 Å². The molecule has 1 amide bonds. The van der Waals surface area contributed by atoms with Crippen LogP contribution in [0.3, 0.4) is 0 Å². The number of rotatable bonds is 4. The molecule has 3 unspecified atom stereocenters. The Morgan fingerprint density at radius 1 is 1.33 bits per heavy atom. The second-order valence-corrected chi connectivity index (χ2v) is 8.30. The molecule has 2 aliphatic rings. The van der Waals surface area contributed by atoms with Crippen molar-refractivity contribution in [2.24, 2.45) is 11.8 Å². The highest BCUT2D eigenvalue weighted by molar-refractivity contribution is 7.88. The van der Waals surface area contributed by atoms with E-state index in [4.69, 9.17) is 0 Å². The average molecular weight is 317 g/mol. The minimum absolute atomic E-state index is 0.0691. The fourth-order valence-electron chi connectivity index (χ4n) is 3.28. The molecular formula is C14H27N3O3S. The van der Waals surface area contributed by atoms with E-state index in [1.54, 1.807) is 0 Å². The van der Waals surface area contributed by atoms with Crippen molar-refractivity contribution in [3.05, 3.63) is 0 Å². The van der Waals surface area contributed by atoms with E-state index in [0.717, 1.165) is 38.8 Å². The van der Waals surface area contributed by atoms with Crippen molar-refractivity contribution in [3.8, 4) is 0 Å². The van der Waals surface area contributed by atoms with Crippen LogP contribution in [-0.2, 0) is 14.8 Å². The minimum atomic E-state index is -3.16. The smallest absolute Gasteiger partial charge is 0.239 e. The fraction of sp³-hybridized carbons (Fsp3) is 0.929. The lowest BCUT2D eigenvalue weighted by Crippen LogP contribution is -2.55. The average Bonchev–Trinajstić information content (AvgIpc) is 2.44. The van der Waals surface area contributed by atoms with E-state index in [0.29, 0.717) is 19.0 Å². The van der Waals surface area contributed by atoms with Crippen molar-refractivity contribution in [2.45, 2.75) is 38.6 Å². The zero-order chi connectivity index (χ0) is 15.5. The van der Waals surface area contributed by atoms with Crippen molar-refractivity contribution >= 4 is 15.9 Å². The maximum atomic E-state index is 12.6. The molecule has 0 aromatic carbocycles. The number of likely N-dealkylation sites (tertiary alicyclic amines) is 1. The van der Waals surface area contributed by atoms with Crippen LogP contribution in [0.15, 0.2) is 0 Å². The second kappa shape index (κ2) is 7.07. The number of piperidine rings is 2. The third-order valence-electron chi connectivity index (χ3n) is 4.50. The summed E-state index contributed by atoms with van der Waals surface area (Å²) in [7, 11) is -3.16. The van der Waals surface area contributed by atoms with Crippen LogP contribution in [0.4, 0.5) is 0 Å². The first-order valence-electron chi connectivity index (χ1n) is 7.83. The molecule has 2 rings (SSSR count). The van der Waals surface area contributed by atoms with Crippen molar-refractivity contribution < 1.29 is 13.2 Å². The summed E-state index contributed by atoms with van der Waals surface area (Å²) in [6.07, 6.45) is 5.32. The summed E-state index contributed by atoms with van der Waals surface area (Å²) in [5.74, 6) is 0.781. The summed E-state index contributed by atoms with van der Waals surface area (Å²) in [6, 6.07) is -0.0691. The summed E-state index contributed by atoms with van der Waals surface area (Å²) in [4.78, 5) is 14.5. The predicted molar refractivity (Wildman–Crippen MR) is 82.3 cm³/mol. The monoisotopic (exact) mass is 317 g/mol. The van der Waals surface area contributed by atoms with Gasteiger partial charge in [-0.1, -0.05) is 6.92 Å². The predicted octanol–water partition coefficient (Wildman–Crippen LogP) is 0.162. The molecule has 0 radical (unpaired) electrons. The zero-order valence-corrected chi connectivity index (χ0v) is 13.8. The van der Waals surface area contributed by atoms with Gasteiger partial charge in [-0.05, 0) is 44.1 Å². The van der Waals surface area contributed by atoms with Crippen molar-refractivity contribution in [1.29, 1.82) is 0 Å². The molecule has 0 bridgehead atoms. The summed E-state index contributed by atoms with van der Waals surface area (Å²) >= 11 is 0. The van der Waals surface area contributed by atoms with Gasteiger partial charge in [-0.25, -0.2) is 13.1 Å². The first kappa shape index (κ1) is 16.7. The Balaban J connectivity index is 1.89. The first-order valence-corrected chi connectivity index (χ1v) is 9.73. The van der Waals surface area contributed by atoms with Gasteiger partial charge in [0.15, 0.2) is 0 Å². The molecule has 2 saturated heterocycles. The van der Waals surface area contributed by atoms with Gasteiger partial charge in [-0.3, -0.25) is 4.79 Å². The Kier molecular flexibility index (Phi) is 5.62. The van der Waals surface area contributed by atoms with E-state index in [9.17, 15) is 13.2 Å². The van der Waals surface area contributed by atoms with Crippen LogP contribution in [0.5, 0.6) is 0 Å². The van der Waals surface area contributed by atoms with E-state index in [2.05, 4.69) is 17.0 Å². The van der Waals surface area contributed by atoms with Gasteiger partial charge in [0.2, 0.25) is 15.9 Å². The summed E-state index contributed by atoms with van der Waals surface area (Å²) < 4.78 is 24.9. The third-order valence-corrected chi connectivity index (χ3v) is 5.19. The van der Waals surface area contributed by atoms with E-state index < -0.39 is 10.0 Å². The van der Waals surface area contributed by atoms with Crippen LogP contribution in [-0.4, -0.2) is 57.7 Å². The number of amides is 1. The molecule has 0 aromatic heterocycles. The van der Waals surface area contributed by atoms with Crippen LogP contribution in [0, 0.1) is 11.8 Å². The first-order chi connectivity index (χ1) is 9.87. The largest absolute Gasteiger partial charge is 0.341 e. The summed E-state index contributed by atoms with van der Waals surface area (Å²) in [6.45, 7) is 4.91. The van der Waals surface area contributed by atoms with Gasteiger partial charge in [0.1, 0.15) is 0 Å². The van der Waals surface area contributed by atoms with Gasteiger partial charge < -0.3 is 10.2 Å². The molecule has 0 aromatic rings. The van der Waals surface area contributed by atoms with Crippen molar-refractivity contribution in [1.82, 2.24) is 14.9 Å². The number of sulfonamides is 1. The number of hydrogen-bond acceptors (Lipinski definition) is 4. The highest BCUT2D eigenvalue weighted by Gasteiger charge is 2.33. The second-order valence-electron chi connectivity index (χ2n) is 6.46. The van der Waals surface area contributed by atoms with Gasteiger partial charge in [0, 0.05) is 19.6 Å². The normalized spacial score (nSPS) is 31.1. The van der Waals surface area contributed by atoms with Crippen molar-refractivity contribution in [3.63, 3.8) is 0 Å². The molecule has 0 aliphatic carbocycles. The van der Waals surface area contributed by atoms with Crippen LogP contribution >= 0.6 is 0 Å². The maximum absolute atomic E-state index is 12.6. The van der Waals surface area contributed by atoms with Crippen LogP contribution < -0.4 is 10.0 Å². The minimum Gasteiger partial charge on any atom is -0.341 e. The molecule has 2 aliphatic heterocycles. The molecule has 7 heteroatoms. The zero-order valence-electron chi connectivity index (χ0n) is 13.0. The number of nitrogens with one attached hydrogen (secondary N) is 2. The molecular weight excluding hydrogens is 290 g/mol. The van der Waals surface area contributed by atoms with Crippen LogP contribution in [0.25, 0.3) is 0 Å². The molecule has 2 N–H and O–H groups in total.